The van der Waals surface area contributed by atoms with Gasteiger partial charge in [0.05, 0.1) is 11.4 Å². The summed E-state index contributed by atoms with van der Waals surface area (Å²) in [4.78, 5) is 26.4. The van der Waals surface area contributed by atoms with Gasteiger partial charge in [-0.05, 0) is 46.5 Å². The first-order valence-corrected chi connectivity index (χ1v) is 9.70. The number of hydrogen-bond acceptors (Lipinski definition) is 4. The average Bonchev–Trinajstić information content (AvgIpc) is 2.90. The fourth-order valence-corrected chi connectivity index (χ4v) is 3.56. The topological polar surface area (TPSA) is 46.6 Å². The molecule has 27 heavy (non-hydrogen) atoms. The van der Waals surface area contributed by atoms with Gasteiger partial charge in [-0.15, -0.1) is 0 Å². The molecule has 2 aromatic rings. The van der Waals surface area contributed by atoms with E-state index in [9.17, 15) is 9.59 Å². The van der Waals surface area contributed by atoms with Crippen LogP contribution in [0.3, 0.4) is 0 Å². The number of thioether (sulfide) groups is 1. The van der Waals surface area contributed by atoms with E-state index in [2.05, 4.69) is 32.9 Å². The van der Waals surface area contributed by atoms with E-state index in [0.29, 0.717) is 4.91 Å². The zero-order valence-electron chi connectivity index (χ0n) is 15.8. The number of nitrogens with zero attached hydrogens (tertiary/aromatic N) is 1. The summed E-state index contributed by atoms with van der Waals surface area (Å²) >= 11 is 0.976. The Morgan fingerprint density at radius 1 is 1.00 bits per heavy atom. The second-order valence-corrected chi connectivity index (χ2v) is 8.36. The number of carbonyl (C=O) groups is 2. The molecule has 0 aromatic heterocycles. The van der Waals surface area contributed by atoms with Crippen LogP contribution in [0.5, 0.6) is 5.75 Å². The largest absolute Gasteiger partial charge is 0.492 e. The predicted octanol–water partition coefficient (Wildman–Crippen LogP) is 5.10. The lowest BCUT2D eigenvalue weighted by Crippen LogP contribution is -2.32. The van der Waals surface area contributed by atoms with Gasteiger partial charge in [-0.2, -0.15) is 0 Å². The Labute approximate surface area is 164 Å². The van der Waals surface area contributed by atoms with Crippen LogP contribution >= 0.6 is 11.8 Å². The van der Waals surface area contributed by atoms with Crippen molar-refractivity contribution in [1.29, 1.82) is 0 Å². The van der Waals surface area contributed by atoms with Crippen molar-refractivity contribution in [3.05, 3.63) is 70.6 Å². The third-order valence-electron chi connectivity index (χ3n) is 4.27. The van der Waals surface area contributed by atoms with Crippen LogP contribution in [-0.4, -0.2) is 29.2 Å². The summed E-state index contributed by atoms with van der Waals surface area (Å²) < 4.78 is 5.59. The summed E-state index contributed by atoms with van der Waals surface area (Å²) in [5, 5.41) is -0.255. The maximum absolute atomic E-state index is 12.5. The molecule has 1 aliphatic heterocycles. The summed E-state index contributed by atoms with van der Waals surface area (Å²) in [6, 6.07) is 17.4. The quantitative estimate of drug-likeness (QED) is 0.676. The van der Waals surface area contributed by atoms with Gasteiger partial charge in [0, 0.05) is 0 Å². The second-order valence-electron chi connectivity index (χ2n) is 7.37. The number of ether oxygens (including phenoxy) is 1. The fourth-order valence-electron chi connectivity index (χ4n) is 2.69. The maximum Gasteiger partial charge on any atom is 0.293 e. The van der Waals surface area contributed by atoms with E-state index in [1.807, 2.05) is 42.5 Å². The molecule has 140 valence electrons. The van der Waals surface area contributed by atoms with Gasteiger partial charge in [0.1, 0.15) is 12.4 Å². The summed E-state index contributed by atoms with van der Waals surface area (Å²) in [7, 11) is 0. The lowest BCUT2D eigenvalue weighted by Gasteiger charge is -2.18. The third kappa shape index (κ3) is 4.80. The molecule has 3 rings (SSSR count). The third-order valence-corrected chi connectivity index (χ3v) is 5.18. The standard InChI is InChI=1S/C22H23NO3S/c1-22(2,3)17-11-9-16(10-12-17)15-19-20(24)23(21(25)27-19)13-14-26-18-7-5-4-6-8-18/h4-12,15H,13-14H2,1-3H3/b19-15-. The van der Waals surface area contributed by atoms with E-state index >= 15 is 0 Å². The van der Waals surface area contributed by atoms with E-state index in [0.717, 1.165) is 23.1 Å². The first-order chi connectivity index (χ1) is 12.8. The number of imide groups is 1. The predicted molar refractivity (Wildman–Crippen MR) is 110 cm³/mol. The van der Waals surface area contributed by atoms with Gasteiger partial charge in [-0.1, -0.05) is 63.2 Å². The molecule has 0 N–H and O–H groups in total. The minimum atomic E-state index is -0.262. The molecule has 1 aliphatic rings. The number of amides is 2. The Balaban J connectivity index is 1.63. The molecule has 0 unspecified atom stereocenters. The molecule has 0 radical (unpaired) electrons. The molecule has 0 saturated carbocycles. The van der Waals surface area contributed by atoms with Crippen LogP contribution < -0.4 is 4.74 Å². The zero-order chi connectivity index (χ0) is 19.4. The van der Waals surface area contributed by atoms with Crippen LogP contribution in [0.1, 0.15) is 31.9 Å². The molecule has 2 amide bonds. The molecule has 1 fully saturated rings. The van der Waals surface area contributed by atoms with Crippen LogP contribution in [0.2, 0.25) is 0 Å². The molecule has 4 nitrogen and oxygen atoms in total. The number of hydrogen-bond donors (Lipinski definition) is 0. The molecule has 1 heterocycles. The smallest absolute Gasteiger partial charge is 0.293 e. The minimum Gasteiger partial charge on any atom is -0.492 e. The highest BCUT2D eigenvalue weighted by Gasteiger charge is 2.34. The summed E-state index contributed by atoms with van der Waals surface area (Å²) in [5.74, 6) is 0.459. The summed E-state index contributed by atoms with van der Waals surface area (Å²) in [6.07, 6.45) is 1.77. The van der Waals surface area contributed by atoms with Gasteiger partial charge in [0.15, 0.2) is 0 Å². The number of benzene rings is 2. The van der Waals surface area contributed by atoms with Crippen molar-refractivity contribution in [2.45, 2.75) is 26.2 Å². The first-order valence-electron chi connectivity index (χ1n) is 8.88. The highest BCUT2D eigenvalue weighted by molar-refractivity contribution is 8.18. The molecular formula is C22H23NO3S. The van der Waals surface area contributed by atoms with E-state index in [-0.39, 0.29) is 29.7 Å². The van der Waals surface area contributed by atoms with Crippen molar-refractivity contribution < 1.29 is 14.3 Å². The highest BCUT2D eigenvalue weighted by atomic mass is 32.2. The first kappa shape index (κ1) is 19.2. The van der Waals surface area contributed by atoms with Crippen molar-refractivity contribution in [2.24, 2.45) is 0 Å². The number of carbonyl (C=O) groups excluding carboxylic acids is 2. The molecule has 0 aliphatic carbocycles. The van der Waals surface area contributed by atoms with Crippen molar-refractivity contribution >= 4 is 29.0 Å². The average molecular weight is 381 g/mol. The van der Waals surface area contributed by atoms with Crippen LogP contribution in [0.15, 0.2) is 59.5 Å². The van der Waals surface area contributed by atoms with Gasteiger partial charge in [-0.25, -0.2) is 0 Å². The van der Waals surface area contributed by atoms with E-state index in [4.69, 9.17) is 4.74 Å². The van der Waals surface area contributed by atoms with Crippen molar-refractivity contribution in [3.63, 3.8) is 0 Å². The van der Waals surface area contributed by atoms with Crippen molar-refractivity contribution in [2.75, 3.05) is 13.2 Å². The molecular weight excluding hydrogens is 358 g/mol. The minimum absolute atomic E-state index is 0.0785. The van der Waals surface area contributed by atoms with E-state index in [1.165, 1.54) is 10.5 Å². The monoisotopic (exact) mass is 381 g/mol. The van der Waals surface area contributed by atoms with Crippen molar-refractivity contribution in [1.82, 2.24) is 4.90 Å². The van der Waals surface area contributed by atoms with Gasteiger partial charge in [0.2, 0.25) is 0 Å². The molecule has 5 heteroatoms. The van der Waals surface area contributed by atoms with Gasteiger partial charge < -0.3 is 4.74 Å². The highest BCUT2D eigenvalue weighted by Crippen LogP contribution is 2.32. The molecule has 0 bridgehead atoms. The second kappa shape index (κ2) is 8.01. The molecule has 0 spiro atoms. The van der Waals surface area contributed by atoms with E-state index < -0.39 is 0 Å². The molecule has 1 saturated heterocycles. The zero-order valence-corrected chi connectivity index (χ0v) is 16.6. The summed E-state index contributed by atoms with van der Waals surface area (Å²) in [6.45, 7) is 6.98. The Hall–Kier alpha value is -2.53. The van der Waals surface area contributed by atoms with Crippen LogP contribution in [0.25, 0.3) is 6.08 Å². The number of rotatable bonds is 5. The van der Waals surface area contributed by atoms with Gasteiger partial charge in [0.25, 0.3) is 11.1 Å². The number of para-hydroxylation sites is 1. The van der Waals surface area contributed by atoms with Crippen LogP contribution in [0, 0.1) is 0 Å². The van der Waals surface area contributed by atoms with Crippen LogP contribution in [0.4, 0.5) is 4.79 Å². The van der Waals surface area contributed by atoms with Gasteiger partial charge in [-0.3, -0.25) is 14.5 Å². The Kier molecular flexibility index (Phi) is 5.71. The normalized spacial score (nSPS) is 16.3. The lowest BCUT2D eigenvalue weighted by molar-refractivity contribution is -0.123. The fraction of sp³-hybridized carbons (Fsp3) is 0.273. The Bertz CT molecular complexity index is 851. The lowest BCUT2D eigenvalue weighted by atomic mass is 9.87. The van der Waals surface area contributed by atoms with Crippen LogP contribution in [-0.2, 0) is 10.2 Å². The van der Waals surface area contributed by atoms with Gasteiger partial charge >= 0.3 is 0 Å². The Morgan fingerprint density at radius 3 is 2.30 bits per heavy atom. The molecule has 0 atom stereocenters. The molecule has 2 aromatic carbocycles. The SMILES string of the molecule is CC(C)(C)c1ccc(/C=C2\SC(=O)N(CCOc3ccccc3)C2=O)cc1. The maximum atomic E-state index is 12.5. The summed E-state index contributed by atoms with van der Waals surface area (Å²) in [5.41, 5.74) is 2.22. The van der Waals surface area contributed by atoms with Crippen molar-refractivity contribution in [3.8, 4) is 5.75 Å². The Morgan fingerprint density at radius 2 is 1.67 bits per heavy atom. The van der Waals surface area contributed by atoms with E-state index in [1.54, 1.807) is 6.08 Å².